The zero-order valence-electron chi connectivity index (χ0n) is 12.1. The summed E-state index contributed by atoms with van der Waals surface area (Å²) in [5.41, 5.74) is 0.371. The van der Waals surface area contributed by atoms with Crippen LogP contribution in [0.1, 0.15) is 31.2 Å². The molecule has 5 nitrogen and oxygen atoms in total. The van der Waals surface area contributed by atoms with Crippen LogP contribution in [0.15, 0.2) is 18.2 Å². The molecule has 1 aromatic carbocycles. The quantitative estimate of drug-likeness (QED) is 0.530. The van der Waals surface area contributed by atoms with Crippen molar-refractivity contribution >= 4 is 52.1 Å². The molecule has 0 saturated heterocycles. The lowest BCUT2D eigenvalue weighted by atomic mass is 9.89. The van der Waals surface area contributed by atoms with Crippen molar-refractivity contribution in [1.29, 1.82) is 10.8 Å². The van der Waals surface area contributed by atoms with Gasteiger partial charge in [-0.15, -0.1) is 0 Å². The Morgan fingerprint density at radius 1 is 1.22 bits per heavy atom. The highest BCUT2D eigenvalue weighted by molar-refractivity contribution is 8.14. The Balaban J connectivity index is 1.85. The summed E-state index contributed by atoms with van der Waals surface area (Å²) in [7, 11) is 0. The number of rotatable bonds is 3. The molecule has 124 valence electrons. The molecule has 1 aromatic rings. The summed E-state index contributed by atoms with van der Waals surface area (Å²) in [4.78, 5) is 10.9. The summed E-state index contributed by atoms with van der Waals surface area (Å²) < 4.78 is 5.22. The number of halogens is 2. The van der Waals surface area contributed by atoms with Gasteiger partial charge in [0.1, 0.15) is 0 Å². The molecule has 0 amide bonds. The molecule has 0 atom stereocenters. The molecule has 1 aliphatic carbocycles. The molecule has 3 N–H and O–H groups in total. The number of ether oxygens (including phenoxy) is 1. The molecule has 1 saturated carbocycles. The van der Waals surface area contributed by atoms with Gasteiger partial charge in [0, 0.05) is 10.3 Å². The molecule has 1 aliphatic rings. The summed E-state index contributed by atoms with van der Waals surface area (Å²) in [6.45, 7) is 0. The van der Waals surface area contributed by atoms with Crippen LogP contribution in [-0.4, -0.2) is 27.5 Å². The van der Waals surface area contributed by atoms with E-state index in [1.54, 1.807) is 12.1 Å². The Morgan fingerprint density at radius 3 is 2.43 bits per heavy atom. The number of aliphatic carboxylic acids is 1. The van der Waals surface area contributed by atoms with E-state index in [1.165, 1.54) is 17.8 Å². The lowest BCUT2D eigenvalue weighted by Gasteiger charge is -2.25. The fraction of sp³-hybridized carbons (Fsp3) is 0.400. The normalized spacial score (nSPS) is 20.8. The maximum atomic E-state index is 10.9. The molecule has 0 aliphatic heterocycles. The van der Waals surface area contributed by atoms with Gasteiger partial charge in [-0.25, -0.2) is 0 Å². The first kappa shape index (κ1) is 18.1. The SMILES string of the molecule is N=C(OC(=N)c1ccc(Cl)cc1Cl)S[C@H]1CC[C@@H](C(=O)O)CC1. The summed E-state index contributed by atoms with van der Waals surface area (Å²) in [5.74, 6) is -1.24. The van der Waals surface area contributed by atoms with E-state index in [9.17, 15) is 4.79 Å². The fourth-order valence-electron chi connectivity index (χ4n) is 2.42. The minimum atomic E-state index is -0.751. The van der Waals surface area contributed by atoms with Gasteiger partial charge in [0.2, 0.25) is 11.1 Å². The maximum Gasteiger partial charge on any atom is 0.306 e. The van der Waals surface area contributed by atoms with E-state index in [0.717, 1.165) is 12.8 Å². The Hall–Kier alpha value is -1.24. The van der Waals surface area contributed by atoms with Crippen LogP contribution < -0.4 is 0 Å². The van der Waals surface area contributed by atoms with Gasteiger partial charge in [-0.2, -0.15) is 0 Å². The summed E-state index contributed by atoms with van der Waals surface area (Å²) >= 11 is 13.0. The van der Waals surface area contributed by atoms with Gasteiger partial charge >= 0.3 is 5.97 Å². The highest BCUT2D eigenvalue weighted by Gasteiger charge is 2.27. The number of hydrogen-bond donors (Lipinski definition) is 3. The van der Waals surface area contributed by atoms with Gasteiger partial charge in [-0.3, -0.25) is 15.6 Å². The molecule has 0 aromatic heterocycles. The molecule has 0 bridgehead atoms. The lowest BCUT2D eigenvalue weighted by Crippen LogP contribution is -2.24. The number of benzene rings is 1. The van der Waals surface area contributed by atoms with E-state index in [4.69, 9.17) is 43.9 Å². The summed E-state index contributed by atoms with van der Waals surface area (Å²) in [6.07, 6.45) is 2.67. The largest absolute Gasteiger partial charge is 0.481 e. The van der Waals surface area contributed by atoms with Crippen molar-refractivity contribution in [2.75, 3.05) is 0 Å². The Morgan fingerprint density at radius 2 is 1.87 bits per heavy atom. The van der Waals surface area contributed by atoms with Gasteiger partial charge in [0.25, 0.3) is 0 Å². The molecule has 8 heteroatoms. The van der Waals surface area contributed by atoms with Gasteiger partial charge in [0.15, 0.2) is 0 Å². The van der Waals surface area contributed by atoms with Gasteiger partial charge < -0.3 is 9.84 Å². The molecule has 0 spiro atoms. The second-order valence-electron chi connectivity index (χ2n) is 5.27. The van der Waals surface area contributed by atoms with E-state index >= 15 is 0 Å². The lowest BCUT2D eigenvalue weighted by molar-refractivity contribution is -0.142. The van der Waals surface area contributed by atoms with E-state index in [1.807, 2.05) is 0 Å². The topological polar surface area (TPSA) is 94.2 Å². The predicted octanol–water partition coefficient (Wildman–Crippen LogP) is 4.65. The number of thioether (sulfide) groups is 1. The van der Waals surface area contributed by atoms with Crippen molar-refractivity contribution in [2.24, 2.45) is 5.92 Å². The number of carboxylic acid groups (broad SMARTS) is 1. The third-order valence-corrected chi connectivity index (χ3v) is 5.32. The van der Waals surface area contributed by atoms with Crippen LogP contribution in [0.5, 0.6) is 0 Å². The van der Waals surface area contributed by atoms with E-state index in [-0.39, 0.29) is 22.3 Å². The number of carboxylic acids is 1. The number of carbonyl (C=O) groups is 1. The maximum absolute atomic E-state index is 10.9. The number of nitrogens with one attached hydrogen (secondary N) is 2. The van der Waals surface area contributed by atoms with Crippen molar-refractivity contribution in [3.63, 3.8) is 0 Å². The van der Waals surface area contributed by atoms with Crippen LogP contribution in [-0.2, 0) is 9.53 Å². The van der Waals surface area contributed by atoms with E-state index < -0.39 is 5.97 Å². The third-order valence-electron chi connectivity index (χ3n) is 3.67. The van der Waals surface area contributed by atoms with Crippen LogP contribution in [0.2, 0.25) is 10.0 Å². The minimum absolute atomic E-state index is 0.0835. The molecule has 23 heavy (non-hydrogen) atoms. The zero-order chi connectivity index (χ0) is 17.0. The minimum Gasteiger partial charge on any atom is -0.481 e. The van der Waals surface area contributed by atoms with Gasteiger partial charge in [-0.1, -0.05) is 35.0 Å². The van der Waals surface area contributed by atoms with Crippen LogP contribution in [0.3, 0.4) is 0 Å². The van der Waals surface area contributed by atoms with Crippen molar-refractivity contribution in [2.45, 2.75) is 30.9 Å². The average molecular weight is 375 g/mol. The second kappa shape index (κ2) is 8.04. The second-order valence-corrected chi connectivity index (χ2v) is 7.39. The molecule has 1 fully saturated rings. The Bertz CT molecular complexity index is 631. The highest BCUT2D eigenvalue weighted by Crippen LogP contribution is 2.33. The van der Waals surface area contributed by atoms with Crippen molar-refractivity contribution in [1.82, 2.24) is 0 Å². The monoisotopic (exact) mass is 374 g/mol. The molecule has 0 radical (unpaired) electrons. The molecule has 0 unspecified atom stereocenters. The van der Waals surface area contributed by atoms with Crippen molar-refractivity contribution in [3.8, 4) is 0 Å². The molecular formula is C15H16Cl2N2O3S. The molecular weight excluding hydrogens is 359 g/mol. The van der Waals surface area contributed by atoms with Crippen molar-refractivity contribution in [3.05, 3.63) is 33.8 Å². The summed E-state index contributed by atoms with van der Waals surface area (Å²) in [6, 6.07) is 4.69. The van der Waals surface area contributed by atoms with Gasteiger partial charge in [-0.05, 0) is 43.9 Å². The zero-order valence-corrected chi connectivity index (χ0v) is 14.5. The fourth-order valence-corrected chi connectivity index (χ4v) is 3.86. The van der Waals surface area contributed by atoms with Crippen LogP contribution in [0.4, 0.5) is 0 Å². The van der Waals surface area contributed by atoms with E-state index in [2.05, 4.69) is 0 Å². The first-order valence-corrected chi connectivity index (χ1v) is 8.70. The first-order chi connectivity index (χ1) is 10.9. The summed E-state index contributed by atoms with van der Waals surface area (Å²) in [5, 5.41) is 25.6. The predicted molar refractivity (Wildman–Crippen MR) is 93.1 cm³/mol. The van der Waals surface area contributed by atoms with Crippen molar-refractivity contribution < 1.29 is 14.6 Å². The Labute approximate surface area is 148 Å². The third kappa shape index (κ3) is 5.12. The average Bonchev–Trinajstić information content (AvgIpc) is 2.47. The standard InChI is InChI=1S/C15H16Cl2N2O3S/c16-9-3-6-11(12(17)7-9)13(18)22-15(19)23-10-4-1-8(2-5-10)14(20)21/h3,6-8,10,18-19H,1-2,4-5H2,(H,20,21)/t8-,10+. The molecule has 0 heterocycles. The highest BCUT2D eigenvalue weighted by atomic mass is 35.5. The first-order valence-electron chi connectivity index (χ1n) is 7.06. The smallest absolute Gasteiger partial charge is 0.306 e. The molecule has 2 rings (SSSR count). The van der Waals surface area contributed by atoms with Crippen LogP contribution >= 0.6 is 35.0 Å². The Kier molecular flexibility index (Phi) is 6.33. The van der Waals surface area contributed by atoms with E-state index in [0.29, 0.717) is 28.5 Å². The van der Waals surface area contributed by atoms with Gasteiger partial charge in [0.05, 0.1) is 16.5 Å². The van der Waals surface area contributed by atoms with Crippen LogP contribution in [0.25, 0.3) is 0 Å². The van der Waals surface area contributed by atoms with Crippen LogP contribution in [0, 0.1) is 16.7 Å². The number of hydrogen-bond acceptors (Lipinski definition) is 5.